The molecule has 1 aromatic carbocycles. The minimum atomic E-state index is -0.740. The summed E-state index contributed by atoms with van der Waals surface area (Å²) >= 11 is 0. The summed E-state index contributed by atoms with van der Waals surface area (Å²) in [4.78, 5) is 14.2. The highest BCUT2D eigenvalue weighted by atomic mass is 19.1. The molecule has 25 heavy (non-hydrogen) atoms. The molecule has 1 aliphatic heterocycles. The molecule has 0 aromatic heterocycles. The van der Waals surface area contributed by atoms with Crippen molar-refractivity contribution in [1.29, 1.82) is 0 Å². The van der Waals surface area contributed by atoms with Crippen molar-refractivity contribution in [3.8, 4) is 0 Å². The maximum Gasteiger partial charge on any atom is 0.315 e. The van der Waals surface area contributed by atoms with Crippen molar-refractivity contribution in [2.24, 2.45) is 0 Å². The Labute approximate surface area is 148 Å². The third kappa shape index (κ3) is 5.08. The second-order valence-corrected chi connectivity index (χ2v) is 7.35. The van der Waals surface area contributed by atoms with Gasteiger partial charge in [0.15, 0.2) is 0 Å². The predicted octanol–water partition coefficient (Wildman–Crippen LogP) is 2.79. The van der Waals surface area contributed by atoms with Crippen LogP contribution in [0.1, 0.15) is 44.9 Å². The Kier molecular flexibility index (Phi) is 5.78. The number of piperidine rings is 1. The molecule has 138 valence electrons. The fraction of sp³-hybridized carbons (Fsp3) is 0.632. The monoisotopic (exact) mass is 349 g/mol. The van der Waals surface area contributed by atoms with E-state index in [1.807, 2.05) is 6.07 Å². The van der Waals surface area contributed by atoms with Crippen molar-refractivity contribution >= 4 is 11.7 Å². The van der Waals surface area contributed by atoms with Crippen molar-refractivity contribution in [3.05, 3.63) is 30.1 Å². The van der Waals surface area contributed by atoms with Crippen LogP contribution in [0.2, 0.25) is 0 Å². The van der Waals surface area contributed by atoms with Crippen LogP contribution in [0.4, 0.5) is 14.9 Å². The van der Waals surface area contributed by atoms with Crippen LogP contribution in [0.3, 0.4) is 0 Å². The first-order valence-electron chi connectivity index (χ1n) is 9.31. The van der Waals surface area contributed by atoms with Gasteiger partial charge in [0, 0.05) is 31.4 Å². The van der Waals surface area contributed by atoms with E-state index in [2.05, 4.69) is 15.5 Å². The largest absolute Gasteiger partial charge is 0.388 e. The lowest BCUT2D eigenvalue weighted by molar-refractivity contribution is 0.00710. The number of aliphatic hydroxyl groups is 1. The summed E-state index contributed by atoms with van der Waals surface area (Å²) in [7, 11) is 0. The third-order valence-corrected chi connectivity index (χ3v) is 5.37. The molecule has 0 bridgehead atoms. The number of nitrogens with one attached hydrogen (secondary N) is 2. The smallest absolute Gasteiger partial charge is 0.315 e. The Morgan fingerprint density at radius 1 is 1.24 bits per heavy atom. The summed E-state index contributed by atoms with van der Waals surface area (Å²) in [6.07, 6.45) is 6.40. The zero-order valence-corrected chi connectivity index (χ0v) is 14.6. The molecular weight excluding hydrogens is 321 g/mol. The highest BCUT2D eigenvalue weighted by molar-refractivity contribution is 5.74. The van der Waals surface area contributed by atoms with Crippen LogP contribution in [0, 0.1) is 5.82 Å². The summed E-state index contributed by atoms with van der Waals surface area (Å²) in [5.41, 5.74) is 0.151. The van der Waals surface area contributed by atoms with E-state index in [1.54, 1.807) is 12.1 Å². The standard InChI is InChI=1S/C19H28FN3O2/c20-15-5-4-6-17(13-15)23-11-7-16(8-12-23)22-18(24)21-14-19(25)9-2-1-3-10-19/h4-6,13,16,25H,1-3,7-12,14H2,(H2,21,22,24). The third-order valence-electron chi connectivity index (χ3n) is 5.37. The molecule has 1 heterocycles. The Morgan fingerprint density at radius 3 is 2.64 bits per heavy atom. The van der Waals surface area contributed by atoms with E-state index in [-0.39, 0.29) is 17.9 Å². The number of benzene rings is 1. The number of halogens is 1. The van der Waals surface area contributed by atoms with Gasteiger partial charge in [-0.05, 0) is 43.9 Å². The van der Waals surface area contributed by atoms with Crippen LogP contribution in [0.15, 0.2) is 24.3 Å². The summed E-state index contributed by atoms with van der Waals surface area (Å²) in [5, 5.41) is 16.3. The zero-order chi connectivity index (χ0) is 17.7. The lowest BCUT2D eigenvalue weighted by Gasteiger charge is -2.35. The van der Waals surface area contributed by atoms with Gasteiger partial charge < -0.3 is 20.6 Å². The second-order valence-electron chi connectivity index (χ2n) is 7.35. The van der Waals surface area contributed by atoms with Gasteiger partial charge in [0.1, 0.15) is 5.82 Å². The quantitative estimate of drug-likeness (QED) is 0.783. The van der Waals surface area contributed by atoms with E-state index in [1.165, 1.54) is 12.5 Å². The Hall–Kier alpha value is -1.82. The van der Waals surface area contributed by atoms with Gasteiger partial charge in [0.25, 0.3) is 0 Å². The Bertz CT molecular complexity index is 582. The molecule has 0 spiro atoms. The number of rotatable bonds is 4. The molecule has 1 aliphatic carbocycles. The van der Waals surface area contributed by atoms with Gasteiger partial charge in [0.05, 0.1) is 5.60 Å². The molecule has 0 atom stereocenters. The van der Waals surface area contributed by atoms with Crippen LogP contribution >= 0.6 is 0 Å². The number of urea groups is 1. The van der Waals surface area contributed by atoms with Gasteiger partial charge >= 0.3 is 6.03 Å². The van der Waals surface area contributed by atoms with Crippen LogP contribution in [-0.4, -0.2) is 42.4 Å². The molecule has 1 saturated carbocycles. The molecular formula is C19H28FN3O2. The highest BCUT2D eigenvalue weighted by Gasteiger charge is 2.30. The van der Waals surface area contributed by atoms with Crippen molar-refractivity contribution in [2.45, 2.75) is 56.6 Å². The molecule has 1 saturated heterocycles. The number of nitrogens with zero attached hydrogens (tertiary/aromatic N) is 1. The lowest BCUT2D eigenvalue weighted by Crippen LogP contribution is -2.51. The number of hydrogen-bond donors (Lipinski definition) is 3. The minimum Gasteiger partial charge on any atom is -0.388 e. The highest BCUT2D eigenvalue weighted by Crippen LogP contribution is 2.27. The van der Waals surface area contributed by atoms with Gasteiger partial charge in [-0.25, -0.2) is 9.18 Å². The van der Waals surface area contributed by atoms with Gasteiger partial charge in [0.2, 0.25) is 0 Å². The number of carbonyl (C=O) groups excluding carboxylic acids is 1. The first-order chi connectivity index (χ1) is 12.0. The van der Waals surface area contributed by atoms with Crippen molar-refractivity contribution in [1.82, 2.24) is 10.6 Å². The molecule has 3 N–H and O–H groups in total. The fourth-order valence-electron chi connectivity index (χ4n) is 3.82. The zero-order valence-electron chi connectivity index (χ0n) is 14.6. The molecule has 2 fully saturated rings. The molecule has 0 radical (unpaired) electrons. The number of amides is 2. The SMILES string of the molecule is O=C(NCC1(O)CCCCC1)NC1CCN(c2cccc(F)c2)CC1. The lowest BCUT2D eigenvalue weighted by atomic mass is 9.85. The Balaban J connectivity index is 1.40. The van der Waals surface area contributed by atoms with E-state index in [0.717, 1.165) is 57.3 Å². The van der Waals surface area contributed by atoms with E-state index in [9.17, 15) is 14.3 Å². The fourth-order valence-corrected chi connectivity index (χ4v) is 3.82. The van der Waals surface area contributed by atoms with Crippen LogP contribution in [0.5, 0.6) is 0 Å². The Morgan fingerprint density at radius 2 is 1.96 bits per heavy atom. The average molecular weight is 349 g/mol. The number of carbonyl (C=O) groups is 1. The molecule has 2 amide bonds. The van der Waals surface area contributed by atoms with Crippen LogP contribution in [0.25, 0.3) is 0 Å². The molecule has 1 aromatic rings. The van der Waals surface area contributed by atoms with Gasteiger partial charge in [-0.1, -0.05) is 25.3 Å². The van der Waals surface area contributed by atoms with Gasteiger partial charge in [-0.2, -0.15) is 0 Å². The maximum atomic E-state index is 13.3. The van der Waals surface area contributed by atoms with E-state index in [0.29, 0.717) is 6.54 Å². The molecule has 6 heteroatoms. The molecule has 0 unspecified atom stereocenters. The topological polar surface area (TPSA) is 64.6 Å². The normalized spacial score (nSPS) is 21.0. The van der Waals surface area contributed by atoms with Crippen molar-refractivity contribution in [2.75, 3.05) is 24.5 Å². The van der Waals surface area contributed by atoms with Crippen molar-refractivity contribution in [3.63, 3.8) is 0 Å². The molecule has 3 rings (SSSR count). The summed E-state index contributed by atoms with van der Waals surface area (Å²) in [6.45, 7) is 1.90. The average Bonchev–Trinajstić information content (AvgIpc) is 2.61. The maximum absolute atomic E-state index is 13.3. The summed E-state index contributed by atoms with van der Waals surface area (Å²) < 4.78 is 13.3. The van der Waals surface area contributed by atoms with Crippen molar-refractivity contribution < 1.29 is 14.3 Å². The predicted molar refractivity (Wildman–Crippen MR) is 96.2 cm³/mol. The number of anilines is 1. The van der Waals surface area contributed by atoms with Crippen LogP contribution < -0.4 is 15.5 Å². The van der Waals surface area contributed by atoms with Gasteiger partial charge in [-0.3, -0.25) is 0 Å². The molecule has 5 nitrogen and oxygen atoms in total. The number of hydrogen-bond acceptors (Lipinski definition) is 3. The first-order valence-corrected chi connectivity index (χ1v) is 9.31. The summed E-state index contributed by atoms with van der Waals surface area (Å²) in [5.74, 6) is -0.224. The summed E-state index contributed by atoms with van der Waals surface area (Å²) in [6, 6.07) is 6.54. The van der Waals surface area contributed by atoms with E-state index < -0.39 is 5.60 Å². The second kappa shape index (κ2) is 8.04. The van der Waals surface area contributed by atoms with Crippen LogP contribution in [-0.2, 0) is 0 Å². The van der Waals surface area contributed by atoms with E-state index in [4.69, 9.17) is 0 Å². The van der Waals surface area contributed by atoms with Gasteiger partial charge in [-0.15, -0.1) is 0 Å². The minimum absolute atomic E-state index is 0.116. The first kappa shape index (κ1) is 18.0. The van der Waals surface area contributed by atoms with E-state index >= 15 is 0 Å². The molecule has 2 aliphatic rings.